The largest absolute Gasteiger partial charge is 0.135 e. The van der Waals surface area contributed by atoms with Crippen molar-refractivity contribution >= 4 is 63.8 Å². The first-order valence-electron chi connectivity index (χ1n) is 14.8. The van der Waals surface area contributed by atoms with Gasteiger partial charge in [-0.2, -0.15) is 0 Å². The van der Waals surface area contributed by atoms with Crippen molar-refractivity contribution in [2.24, 2.45) is 0 Å². The van der Waals surface area contributed by atoms with E-state index in [1.54, 1.807) is 0 Å². The second-order valence-electron chi connectivity index (χ2n) is 11.3. The highest BCUT2D eigenvalue weighted by Crippen LogP contribution is 2.41. The van der Waals surface area contributed by atoms with Gasteiger partial charge < -0.3 is 0 Å². The lowest BCUT2D eigenvalue weighted by molar-refractivity contribution is 1.63. The molecule has 0 aliphatic heterocycles. The summed E-state index contributed by atoms with van der Waals surface area (Å²) in [7, 11) is 0. The molecule has 0 amide bonds. The van der Waals surface area contributed by atoms with Gasteiger partial charge in [0.05, 0.1) is 0 Å². The lowest BCUT2D eigenvalue weighted by atomic mass is 9.90. The first kappa shape index (κ1) is 24.4. The summed E-state index contributed by atoms with van der Waals surface area (Å²) in [5.74, 6) is 0. The minimum atomic E-state index is 1.23. The van der Waals surface area contributed by atoms with Crippen LogP contribution in [0.4, 0.5) is 0 Å². The highest BCUT2D eigenvalue weighted by atomic mass is 32.1. The van der Waals surface area contributed by atoms with E-state index in [4.69, 9.17) is 0 Å². The Labute approximate surface area is 254 Å². The van der Waals surface area contributed by atoms with Gasteiger partial charge in [0.2, 0.25) is 0 Å². The van der Waals surface area contributed by atoms with Gasteiger partial charge in [-0.15, -0.1) is 11.3 Å². The Bertz CT molecular complexity index is 2480. The van der Waals surface area contributed by atoms with Crippen molar-refractivity contribution in [3.63, 3.8) is 0 Å². The van der Waals surface area contributed by atoms with E-state index < -0.39 is 0 Å². The van der Waals surface area contributed by atoms with Crippen molar-refractivity contribution in [2.45, 2.75) is 0 Å². The first-order chi connectivity index (χ1) is 21.3. The molecule has 0 bridgehead atoms. The Kier molecular flexibility index (Phi) is 5.47. The fourth-order valence-corrected chi connectivity index (χ4v) is 8.00. The number of thiophene rings is 1. The second kappa shape index (κ2) is 9.66. The molecule has 0 fully saturated rings. The lowest BCUT2D eigenvalue weighted by Crippen LogP contribution is -1.87. The van der Waals surface area contributed by atoms with Crippen molar-refractivity contribution in [1.29, 1.82) is 0 Å². The van der Waals surface area contributed by atoms with Crippen LogP contribution in [0.2, 0.25) is 0 Å². The third kappa shape index (κ3) is 3.90. The second-order valence-corrected chi connectivity index (χ2v) is 12.3. The van der Waals surface area contributed by atoms with Crippen LogP contribution < -0.4 is 0 Å². The molecule has 0 aliphatic carbocycles. The summed E-state index contributed by atoms with van der Waals surface area (Å²) in [6.45, 7) is 0. The zero-order chi connectivity index (χ0) is 28.3. The maximum atomic E-state index is 2.38. The van der Waals surface area contributed by atoms with Crippen molar-refractivity contribution in [3.8, 4) is 33.4 Å². The van der Waals surface area contributed by atoms with Gasteiger partial charge >= 0.3 is 0 Å². The third-order valence-electron chi connectivity index (χ3n) is 8.88. The molecule has 9 rings (SSSR count). The molecule has 9 aromatic rings. The Morgan fingerprint density at radius 1 is 0.279 bits per heavy atom. The maximum absolute atomic E-state index is 2.38. The smallest absolute Gasteiger partial charge is 0.0433 e. The third-order valence-corrected chi connectivity index (χ3v) is 10.1. The van der Waals surface area contributed by atoms with Gasteiger partial charge in [-0.3, -0.25) is 0 Å². The molecule has 0 spiro atoms. The average molecular weight is 563 g/mol. The summed E-state index contributed by atoms with van der Waals surface area (Å²) in [6.07, 6.45) is 0. The Balaban J connectivity index is 1.18. The lowest BCUT2D eigenvalue weighted by Gasteiger charge is -2.14. The molecule has 0 nitrogen and oxygen atoms in total. The highest BCUT2D eigenvalue weighted by molar-refractivity contribution is 7.26. The molecular weight excluding hydrogens is 537 g/mol. The molecule has 0 unspecified atom stereocenters. The van der Waals surface area contributed by atoms with E-state index in [1.165, 1.54) is 85.9 Å². The molecule has 0 aliphatic rings. The minimum absolute atomic E-state index is 1.23. The maximum Gasteiger partial charge on any atom is 0.0433 e. The Morgan fingerprint density at radius 3 is 1.49 bits per heavy atom. The van der Waals surface area contributed by atoms with E-state index in [-0.39, 0.29) is 0 Å². The number of benzene rings is 8. The van der Waals surface area contributed by atoms with Gasteiger partial charge in [0.25, 0.3) is 0 Å². The van der Waals surface area contributed by atoms with E-state index in [9.17, 15) is 0 Å². The minimum Gasteiger partial charge on any atom is -0.135 e. The highest BCUT2D eigenvalue weighted by Gasteiger charge is 2.13. The molecule has 8 aromatic carbocycles. The number of fused-ring (bicyclic) bond motifs is 9. The van der Waals surface area contributed by atoms with Crippen LogP contribution in [-0.2, 0) is 0 Å². The zero-order valence-corrected chi connectivity index (χ0v) is 24.2. The van der Waals surface area contributed by atoms with E-state index >= 15 is 0 Å². The zero-order valence-electron chi connectivity index (χ0n) is 23.4. The van der Waals surface area contributed by atoms with Crippen molar-refractivity contribution in [2.75, 3.05) is 0 Å². The molecule has 200 valence electrons. The van der Waals surface area contributed by atoms with Crippen LogP contribution >= 0.6 is 11.3 Å². The van der Waals surface area contributed by atoms with Crippen LogP contribution in [0.3, 0.4) is 0 Å². The summed E-state index contributed by atoms with van der Waals surface area (Å²) >= 11 is 1.89. The van der Waals surface area contributed by atoms with E-state index in [0.29, 0.717) is 0 Å². The van der Waals surface area contributed by atoms with Crippen LogP contribution in [0.1, 0.15) is 0 Å². The SMILES string of the molecule is c1ccc(-c2ccc3c(c2)c2ccccc2c2ccc(-c4ccc(-c5cccc6c5sc5ccccc56)cc4)cc23)cc1. The van der Waals surface area contributed by atoms with Gasteiger partial charge in [-0.05, 0) is 83.9 Å². The number of rotatable bonds is 3. The molecule has 0 saturated carbocycles. The van der Waals surface area contributed by atoms with Gasteiger partial charge in [-0.25, -0.2) is 0 Å². The summed E-state index contributed by atoms with van der Waals surface area (Å²) < 4.78 is 2.70. The standard InChI is InChI=1S/C42H26S/c1-2-9-27(10-3-1)30-22-24-36-39(25-30)34-12-5-4-11-33(34)35-23-21-31(26-40(35)36)28-17-19-29(20-18-28)32-14-8-15-38-37-13-6-7-16-41(37)43-42(32)38/h1-26H. The molecule has 1 heteroatoms. The summed E-state index contributed by atoms with van der Waals surface area (Å²) in [5, 5.41) is 10.5. The van der Waals surface area contributed by atoms with Crippen LogP contribution in [-0.4, -0.2) is 0 Å². The molecule has 0 atom stereocenters. The van der Waals surface area contributed by atoms with Crippen molar-refractivity contribution < 1.29 is 0 Å². The predicted molar refractivity (Wildman–Crippen MR) is 188 cm³/mol. The van der Waals surface area contributed by atoms with E-state index in [1.807, 2.05) is 11.3 Å². The quantitative estimate of drug-likeness (QED) is 0.188. The number of hydrogen-bond acceptors (Lipinski definition) is 1. The van der Waals surface area contributed by atoms with Crippen LogP contribution in [0, 0.1) is 0 Å². The van der Waals surface area contributed by atoms with Gasteiger partial charge in [0, 0.05) is 20.2 Å². The van der Waals surface area contributed by atoms with Crippen molar-refractivity contribution in [3.05, 3.63) is 158 Å². The first-order valence-corrected chi connectivity index (χ1v) is 15.6. The van der Waals surface area contributed by atoms with E-state index in [2.05, 4.69) is 158 Å². The van der Waals surface area contributed by atoms with Crippen LogP contribution in [0.15, 0.2) is 158 Å². The normalized spacial score (nSPS) is 11.7. The van der Waals surface area contributed by atoms with E-state index in [0.717, 1.165) is 0 Å². The predicted octanol–water partition coefficient (Wildman–Crippen LogP) is 12.5. The van der Waals surface area contributed by atoms with Gasteiger partial charge in [0.1, 0.15) is 0 Å². The van der Waals surface area contributed by atoms with Gasteiger partial charge in [-0.1, -0.05) is 140 Å². The van der Waals surface area contributed by atoms with Crippen molar-refractivity contribution in [1.82, 2.24) is 0 Å². The average Bonchev–Trinajstić information content (AvgIpc) is 3.47. The molecule has 0 N–H and O–H groups in total. The molecule has 1 heterocycles. The Morgan fingerprint density at radius 2 is 0.767 bits per heavy atom. The Hall–Kier alpha value is -5.24. The summed E-state index contributed by atoms with van der Waals surface area (Å²) in [6, 6.07) is 57.9. The van der Waals surface area contributed by atoms with Crippen LogP contribution in [0.5, 0.6) is 0 Å². The molecule has 1 aromatic heterocycles. The number of hydrogen-bond donors (Lipinski definition) is 0. The van der Waals surface area contributed by atoms with Crippen LogP contribution in [0.25, 0.3) is 85.9 Å². The molecule has 43 heavy (non-hydrogen) atoms. The summed E-state index contributed by atoms with van der Waals surface area (Å²) in [4.78, 5) is 0. The summed E-state index contributed by atoms with van der Waals surface area (Å²) in [5.41, 5.74) is 7.52. The fourth-order valence-electron chi connectivity index (χ4n) is 6.76. The topological polar surface area (TPSA) is 0 Å². The van der Waals surface area contributed by atoms with Gasteiger partial charge in [0.15, 0.2) is 0 Å². The molecule has 0 radical (unpaired) electrons. The molecular formula is C42H26S. The fraction of sp³-hybridized carbons (Fsp3) is 0. The molecule has 0 saturated heterocycles. The monoisotopic (exact) mass is 562 g/mol.